The maximum absolute atomic E-state index is 11.9. The molecule has 16 heavy (non-hydrogen) atoms. The lowest BCUT2D eigenvalue weighted by atomic mass is 10.2. The Hall–Kier alpha value is -0.480. The van der Waals surface area contributed by atoms with E-state index < -0.39 is 0 Å². The summed E-state index contributed by atoms with van der Waals surface area (Å²) in [4.78, 5) is 12.6. The lowest BCUT2D eigenvalue weighted by molar-refractivity contribution is 0.0946. The number of carbonyl (C=O) groups is 1. The van der Waals surface area contributed by atoms with Crippen molar-refractivity contribution in [1.82, 2.24) is 5.32 Å². The summed E-state index contributed by atoms with van der Waals surface area (Å²) >= 11 is 7.65. The van der Waals surface area contributed by atoms with E-state index in [4.69, 9.17) is 0 Å². The van der Waals surface area contributed by atoms with Crippen LogP contribution in [0.1, 0.15) is 30.1 Å². The predicted octanol–water partition coefficient (Wildman–Crippen LogP) is 3.27. The van der Waals surface area contributed by atoms with E-state index in [-0.39, 0.29) is 5.91 Å². The molecule has 2 atom stereocenters. The normalized spacial score (nSPS) is 22.9. The second-order valence-electron chi connectivity index (χ2n) is 4.15. The van der Waals surface area contributed by atoms with Gasteiger partial charge in [-0.05, 0) is 30.5 Å². The summed E-state index contributed by atoms with van der Waals surface area (Å²) in [5.74, 6) is 0.654. The smallest absolute Gasteiger partial charge is 0.252 e. The molecule has 1 amide bonds. The van der Waals surface area contributed by atoms with Gasteiger partial charge in [-0.2, -0.15) is 0 Å². The van der Waals surface area contributed by atoms with Crippen molar-refractivity contribution in [1.29, 1.82) is 0 Å². The number of rotatable bonds is 3. The Morgan fingerprint density at radius 3 is 2.94 bits per heavy atom. The predicted molar refractivity (Wildman–Crippen MR) is 71.0 cm³/mol. The Bertz CT molecular complexity index is 421. The molecule has 1 fully saturated rings. The van der Waals surface area contributed by atoms with Gasteiger partial charge in [0.05, 0.1) is 5.56 Å². The van der Waals surface area contributed by atoms with Gasteiger partial charge in [-0.3, -0.25) is 4.79 Å². The van der Waals surface area contributed by atoms with Crippen LogP contribution in [0.2, 0.25) is 0 Å². The zero-order chi connectivity index (χ0) is 11.7. The van der Waals surface area contributed by atoms with Gasteiger partial charge in [-0.1, -0.05) is 29.3 Å². The van der Waals surface area contributed by atoms with Crippen LogP contribution in [-0.4, -0.2) is 11.9 Å². The van der Waals surface area contributed by atoms with Gasteiger partial charge in [0.25, 0.3) is 5.91 Å². The number of nitrogens with one attached hydrogen (secondary N) is 1. The summed E-state index contributed by atoms with van der Waals surface area (Å²) < 4.78 is 0.937. The third kappa shape index (κ3) is 2.61. The molecule has 0 saturated heterocycles. The SMILES string of the molecule is CCC1CC1NC(=O)c1ccc(Br)cc1S. The molecule has 2 unspecified atom stereocenters. The molecule has 0 spiro atoms. The molecule has 0 aromatic heterocycles. The molecule has 1 saturated carbocycles. The van der Waals surface area contributed by atoms with Gasteiger partial charge in [-0.15, -0.1) is 12.6 Å². The molecule has 1 aromatic carbocycles. The molecule has 1 aromatic rings. The molecule has 0 bridgehead atoms. The minimum atomic E-state index is -0.0153. The van der Waals surface area contributed by atoms with Crippen molar-refractivity contribution >= 4 is 34.5 Å². The summed E-state index contributed by atoms with van der Waals surface area (Å²) in [6.45, 7) is 2.15. The Labute approximate surface area is 109 Å². The third-order valence-corrected chi connectivity index (χ3v) is 3.83. The Morgan fingerprint density at radius 1 is 1.62 bits per heavy atom. The Balaban J connectivity index is 2.04. The molecule has 0 aliphatic heterocycles. The first-order valence-electron chi connectivity index (χ1n) is 5.41. The van der Waals surface area contributed by atoms with Crippen LogP contribution in [0.15, 0.2) is 27.6 Å². The average Bonchev–Trinajstić information content (AvgIpc) is 2.96. The van der Waals surface area contributed by atoms with Crippen LogP contribution in [0.25, 0.3) is 0 Å². The van der Waals surface area contributed by atoms with Crippen LogP contribution < -0.4 is 5.32 Å². The van der Waals surface area contributed by atoms with E-state index in [1.54, 1.807) is 6.07 Å². The Kier molecular flexibility index (Phi) is 3.60. The highest BCUT2D eigenvalue weighted by Crippen LogP contribution is 2.33. The highest BCUT2D eigenvalue weighted by atomic mass is 79.9. The third-order valence-electron chi connectivity index (χ3n) is 2.97. The molecule has 1 aliphatic carbocycles. The summed E-state index contributed by atoms with van der Waals surface area (Å²) in [7, 11) is 0. The molecule has 4 heteroatoms. The molecule has 1 aliphatic rings. The maximum atomic E-state index is 11.9. The van der Waals surface area contributed by atoms with E-state index in [1.165, 1.54) is 0 Å². The van der Waals surface area contributed by atoms with Crippen molar-refractivity contribution in [3.63, 3.8) is 0 Å². The van der Waals surface area contributed by atoms with E-state index in [9.17, 15) is 4.79 Å². The summed E-state index contributed by atoms with van der Waals surface area (Å²) in [5.41, 5.74) is 0.647. The first kappa shape index (κ1) is 12.0. The Morgan fingerprint density at radius 2 is 2.38 bits per heavy atom. The number of thiol groups is 1. The minimum Gasteiger partial charge on any atom is -0.349 e. The van der Waals surface area contributed by atoms with Crippen molar-refractivity contribution in [2.45, 2.75) is 30.7 Å². The topological polar surface area (TPSA) is 29.1 Å². The minimum absolute atomic E-state index is 0.0153. The monoisotopic (exact) mass is 299 g/mol. The van der Waals surface area contributed by atoms with Crippen molar-refractivity contribution in [3.05, 3.63) is 28.2 Å². The van der Waals surface area contributed by atoms with Gasteiger partial charge in [0, 0.05) is 15.4 Å². The van der Waals surface area contributed by atoms with Crippen molar-refractivity contribution in [2.75, 3.05) is 0 Å². The number of hydrogen-bond acceptors (Lipinski definition) is 2. The molecule has 2 nitrogen and oxygen atoms in total. The number of hydrogen-bond donors (Lipinski definition) is 2. The number of carbonyl (C=O) groups excluding carboxylic acids is 1. The summed E-state index contributed by atoms with van der Waals surface area (Å²) in [6, 6.07) is 5.86. The van der Waals surface area contributed by atoms with E-state index in [1.807, 2.05) is 12.1 Å². The van der Waals surface area contributed by atoms with Crippen molar-refractivity contribution in [3.8, 4) is 0 Å². The van der Waals surface area contributed by atoms with E-state index in [0.717, 1.165) is 17.3 Å². The fourth-order valence-corrected chi connectivity index (χ4v) is 2.67. The van der Waals surface area contributed by atoms with Gasteiger partial charge in [0.1, 0.15) is 0 Å². The van der Waals surface area contributed by atoms with Gasteiger partial charge in [0.2, 0.25) is 0 Å². The standard InChI is InChI=1S/C12H14BrNOS/c1-2-7-5-10(7)14-12(15)9-4-3-8(13)6-11(9)16/h3-4,6-7,10,16H,2,5H2,1H3,(H,14,15). The average molecular weight is 300 g/mol. The second-order valence-corrected chi connectivity index (χ2v) is 5.54. The van der Waals surface area contributed by atoms with Crippen LogP contribution in [0, 0.1) is 5.92 Å². The lowest BCUT2D eigenvalue weighted by Crippen LogP contribution is -2.27. The molecule has 2 rings (SSSR count). The highest BCUT2D eigenvalue weighted by molar-refractivity contribution is 9.10. The molecular formula is C12H14BrNOS. The number of halogens is 1. The summed E-state index contributed by atoms with van der Waals surface area (Å²) in [5, 5.41) is 3.03. The molecule has 1 N–H and O–H groups in total. The van der Waals surface area contributed by atoms with Crippen LogP contribution in [0.3, 0.4) is 0 Å². The zero-order valence-corrected chi connectivity index (χ0v) is 11.5. The van der Waals surface area contributed by atoms with E-state index in [0.29, 0.717) is 22.4 Å². The fraction of sp³-hybridized carbons (Fsp3) is 0.417. The number of benzene rings is 1. The first-order chi connectivity index (χ1) is 7.61. The van der Waals surface area contributed by atoms with Crippen molar-refractivity contribution in [2.24, 2.45) is 5.92 Å². The zero-order valence-electron chi connectivity index (χ0n) is 9.03. The van der Waals surface area contributed by atoms with E-state index >= 15 is 0 Å². The number of amides is 1. The van der Waals surface area contributed by atoms with Gasteiger partial charge in [-0.25, -0.2) is 0 Å². The van der Waals surface area contributed by atoms with Gasteiger partial charge >= 0.3 is 0 Å². The fourth-order valence-electron chi connectivity index (χ4n) is 1.82. The van der Waals surface area contributed by atoms with Gasteiger partial charge in [0.15, 0.2) is 0 Å². The van der Waals surface area contributed by atoms with Crippen LogP contribution in [-0.2, 0) is 0 Å². The van der Waals surface area contributed by atoms with Gasteiger partial charge < -0.3 is 5.32 Å². The maximum Gasteiger partial charge on any atom is 0.252 e. The van der Waals surface area contributed by atoms with Crippen LogP contribution in [0.4, 0.5) is 0 Å². The largest absolute Gasteiger partial charge is 0.349 e. The second kappa shape index (κ2) is 4.80. The first-order valence-corrected chi connectivity index (χ1v) is 6.65. The highest BCUT2D eigenvalue weighted by Gasteiger charge is 2.36. The molecular weight excluding hydrogens is 286 g/mol. The summed E-state index contributed by atoms with van der Waals surface area (Å²) in [6.07, 6.45) is 2.25. The molecule has 86 valence electrons. The molecule has 0 heterocycles. The van der Waals surface area contributed by atoms with E-state index in [2.05, 4.69) is 40.8 Å². The lowest BCUT2D eigenvalue weighted by Gasteiger charge is -2.06. The van der Waals surface area contributed by atoms with Crippen LogP contribution in [0.5, 0.6) is 0 Å². The quantitative estimate of drug-likeness (QED) is 0.824. The van der Waals surface area contributed by atoms with Crippen molar-refractivity contribution < 1.29 is 4.79 Å². The van der Waals surface area contributed by atoms with Crippen LogP contribution >= 0.6 is 28.6 Å². The molecule has 0 radical (unpaired) electrons.